The van der Waals surface area contributed by atoms with Crippen molar-refractivity contribution in [1.29, 1.82) is 0 Å². The fourth-order valence-corrected chi connectivity index (χ4v) is 1.24. The number of carboxylic acid groups (broad SMARTS) is 2. The van der Waals surface area contributed by atoms with E-state index in [1.54, 1.807) is 6.92 Å². The molecule has 4 N–H and O–H groups in total. The minimum atomic E-state index is -1.19. The molecule has 0 saturated heterocycles. The van der Waals surface area contributed by atoms with Crippen molar-refractivity contribution in [1.82, 2.24) is 10.6 Å². The van der Waals surface area contributed by atoms with Gasteiger partial charge in [0.15, 0.2) is 0 Å². The highest BCUT2D eigenvalue weighted by atomic mass is 16.5. The molecular formula is C11H20N2O6. The van der Waals surface area contributed by atoms with Crippen molar-refractivity contribution in [2.45, 2.75) is 38.3 Å². The predicted octanol–water partition coefficient (Wildman–Crippen LogP) is 0.0286. The zero-order valence-corrected chi connectivity index (χ0v) is 11.0. The molecule has 0 aromatic heterocycles. The Morgan fingerprint density at radius 2 is 1.89 bits per heavy atom. The van der Waals surface area contributed by atoms with E-state index in [9.17, 15) is 14.4 Å². The van der Waals surface area contributed by atoms with Gasteiger partial charge in [-0.3, -0.25) is 4.79 Å². The normalized spacial score (nSPS) is 13.4. The summed E-state index contributed by atoms with van der Waals surface area (Å²) in [6.45, 7) is 2.01. The average molecular weight is 276 g/mol. The second-order valence-electron chi connectivity index (χ2n) is 4.08. The van der Waals surface area contributed by atoms with Crippen LogP contribution >= 0.6 is 0 Å². The van der Waals surface area contributed by atoms with E-state index in [-0.39, 0.29) is 31.9 Å². The molecule has 0 fully saturated rings. The Labute approximate surface area is 111 Å². The first-order valence-corrected chi connectivity index (χ1v) is 5.88. The summed E-state index contributed by atoms with van der Waals surface area (Å²) in [6.07, 6.45) is -0.0648. The van der Waals surface area contributed by atoms with Crippen LogP contribution < -0.4 is 10.6 Å². The summed E-state index contributed by atoms with van der Waals surface area (Å²) in [4.78, 5) is 32.6. The summed E-state index contributed by atoms with van der Waals surface area (Å²) in [6, 6.07) is -1.72. The van der Waals surface area contributed by atoms with E-state index in [0.717, 1.165) is 0 Å². The molecule has 0 aliphatic heterocycles. The quantitative estimate of drug-likeness (QED) is 0.471. The van der Waals surface area contributed by atoms with Gasteiger partial charge in [0.05, 0.1) is 6.10 Å². The third-order valence-corrected chi connectivity index (χ3v) is 2.44. The van der Waals surface area contributed by atoms with Gasteiger partial charge in [0.1, 0.15) is 6.04 Å². The average Bonchev–Trinajstić information content (AvgIpc) is 2.34. The van der Waals surface area contributed by atoms with E-state index in [4.69, 9.17) is 14.9 Å². The summed E-state index contributed by atoms with van der Waals surface area (Å²) >= 11 is 0. The lowest BCUT2D eigenvalue weighted by Crippen LogP contribution is -2.47. The maximum absolute atomic E-state index is 11.4. The lowest BCUT2D eigenvalue weighted by molar-refractivity contribution is -0.140. The number of carboxylic acids is 2. The van der Waals surface area contributed by atoms with Crippen LogP contribution in [-0.2, 0) is 14.3 Å². The molecule has 0 aromatic rings. The van der Waals surface area contributed by atoms with Gasteiger partial charge in [0, 0.05) is 20.1 Å². The van der Waals surface area contributed by atoms with Crippen molar-refractivity contribution in [3.05, 3.63) is 0 Å². The summed E-state index contributed by atoms with van der Waals surface area (Å²) in [5, 5.41) is 22.1. The summed E-state index contributed by atoms with van der Waals surface area (Å²) in [5.41, 5.74) is 0. The van der Waals surface area contributed by atoms with Crippen molar-refractivity contribution in [2.75, 3.05) is 13.7 Å². The number of hydrogen-bond acceptors (Lipinski definition) is 4. The molecule has 8 heteroatoms. The zero-order valence-electron chi connectivity index (χ0n) is 11.0. The van der Waals surface area contributed by atoms with E-state index in [0.29, 0.717) is 0 Å². The monoisotopic (exact) mass is 276 g/mol. The Kier molecular flexibility index (Phi) is 8.27. The fraction of sp³-hybridized carbons (Fsp3) is 0.727. The molecule has 0 saturated carbocycles. The molecule has 19 heavy (non-hydrogen) atoms. The Hall–Kier alpha value is -1.83. The van der Waals surface area contributed by atoms with E-state index in [1.807, 2.05) is 0 Å². The van der Waals surface area contributed by atoms with Crippen molar-refractivity contribution >= 4 is 18.0 Å². The van der Waals surface area contributed by atoms with Crippen LogP contribution in [0.4, 0.5) is 4.79 Å². The molecule has 0 bridgehead atoms. The molecule has 8 nitrogen and oxygen atoms in total. The van der Waals surface area contributed by atoms with E-state index in [2.05, 4.69) is 10.6 Å². The Balaban J connectivity index is 4.08. The van der Waals surface area contributed by atoms with Crippen molar-refractivity contribution < 1.29 is 29.3 Å². The van der Waals surface area contributed by atoms with Gasteiger partial charge in [-0.05, 0) is 19.8 Å². The zero-order chi connectivity index (χ0) is 14.8. The number of nitrogens with one attached hydrogen (secondary N) is 2. The highest BCUT2D eigenvalue weighted by Crippen LogP contribution is 2.01. The first-order valence-electron chi connectivity index (χ1n) is 5.88. The van der Waals surface area contributed by atoms with Gasteiger partial charge < -0.3 is 25.6 Å². The lowest BCUT2D eigenvalue weighted by atomic mass is 10.1. The molecule has 0 aliphatic rings. The van der Waals surface area contributed by atoms with Gasteiger partial charge in [-0.25, -0.2) is 9.59 Å². The SMILES string of the molecule is COC(C)CNC(=O)N[C@H](CCCC(=O)O)C(=O)O. The van der Waals surface area contributed by atoms with Crippen LogP contribution in [0, 0.1) is 0 Å². The molecule has 0 radical (unpaired) electrons. The maximum Gasteiger partial charge on any atom is 0.326 e. The molecule has 0 aromatic carbocycles. The van der Waals surface area contributed by atoms with Crippen LogP contribution in [0.2, 0.25) is 0 Å². The summed E-state index contributed by atoms with van der Waals surface area (Å²) in [5.74, 6) is -2.19. The summed E-state index contributed by atoms with van der Waals surface area (Å²) in [7, 11) is 1.50. The van der Waals surface area contributed by atoms with Crippen LogP contribution in [0.25, 0.3) is 0 Å². The van der Waals surface area contributed by atoms with Gasteiger partial charge >= 0.3 is 18.0 Å². The van der Waals surface area contributed by atoms with Crippen LogP contribution in [0.5, 0.6) is 0 Å². The van der Waals surface area contributed by atoms with Crippen LogP contribution in [0.1, 0.15) is 26.2 Å². The van der Waals surface area contributed by atoms with Gasteiger partial charge in [-0.2, -0.15) is 0 Å². The van der Waals surface area contributed by atoms with Crippen molar-refractivity contribution in [2.24, 2.45) is 0 Å². The van der Waals surface area contributed by atoms with E-state index >= 15 is 0 Å². The van der Waals surface area contributed by atoms with Crippen LogP contribution in [-0.4, -0.2) is 54.0 Å². The number of hydrogen-bond donors (Lipinski definition) is 4. The number of carbonyl (C=O) groups excluding carboxylic acids is 1. The number of urea groups is 1. The molecule has 1 unspecified atom stereocenters. The van der Waals surface area contributed by atoms with E-state index < -0.39 is 24.0 Å². The Morgan fingerprint density at radius 3 is 2.37 bits per heavy atom. The first kappa shape index (κ1) is 17.2. The highest BCUT2D eigenvalue weighted by Gasteiger charge is 2.19. The minimum Gasteiger partial charge on any atom is -0.481 e. The van der Waals surface area contributed by atoms with Gasteiger partial charge in [0.25, 0.3) is 0 Å². The Morgan fingerprint density at radius 1 is 1.26 bits per heavy atom. The second-order valence-corrected chi connectivity index (χ2v) is 4.08. The van der Waals surface area contributed by atoms with Crippen molar-refractivity contribution in [3.8, 4) is 0 Å². The molecule has 0 rings (SSSR count). The maximum atomic E-state index is 11.4. The number of ether oxygens (including phenoxy) is 1. The van der Waals surface area contributed by atoms with E-state index in [1.165, 1.54) is 7.11 Å². The first-order chi connectivity index (χ1) is 8.86. The second kappa shape index (κ2) is 9.15. The predicted molar refractivity (Wildman–Crippen MR) is 65.9 cm³/mol. The lowest BCUT2D eigenvalue weighted by Gasteiger charge is -2.16. The summed E-state index contributed by atoms with van der Waals surface area (Å²) < 4.78 is 4.92. The topological polar surface area (TPSA) is 125 Å². The number of aliphatic carboxylic acids is 2. The third-order valence-electron chi connectivity index (χ3n) is 2.44. The molecule has 110 valence electrons. The van der Waals surface area contributed by atoms with Crippen LogP contribution in [0.3, 0.4) is 0 Å². The molecule has 0 heterocycles. The number of methoxy groups -OCH3 is 1. The standard InChI is InChI=1S/C11H20N2O6/c1-7(19-2)6-12-11(18)13-8(10(16)17)4-3-5-9(14)15/h7-8H,3-6H2,1-2H3,(H,14,15)(H,16,17)(H2,12,13,18)/t7?,8-/m1/s1. The molecule has 0 aliphatic carbocycles. The number of amides is 2. The highest BCUT2D eigenvalue weighted by molar-refractivity contribution is 5.82. The minimum absolute atomic E-state index is 0.0644. The van der Waals surface area contributed by atoms with Gasteiger partial charge in [0.2, 0.25) is 0 Å². The number of rotatable bonds is 9. The molecule has 2 amide bonds. The fourth-order valence-electron chi connectivity index (χ4n) is 1.24. The smallest absolute Gasteiger partial charge is 0.326 e. The third kappa shape index (κ3) is 8.83. The molecule has 2 atom stereocenters. The largest absolute Gasteiger partial charge is 0.481 e. The number of carbonyl (C=O) groups is 3. The van der Waals surface area contributed by atoms with Gasteiger partial charge in [-0.15, -0.1) is 0 Å². The Bertz CT molecular complexity index is 320. The molecular weight excluding hydrogens is 256 g/mol. The van der Waals surface area contributed by atoms with Crippen LogP contribution in [0.15, 0.2) is 0 Å². The molecule has 0 spiro atoms. The van der Waals surface area contributed by atoms with Gasteiger partial charge in [-0.1, -0.05) is 0 Å². The van der Waals surface area contributed by atoms with Crippen molar-refractivity contribution in [3.63, 3.8) is 0 Å².